The van der Waals surface area contributed by atoms with E-state index in [0.29, 0.717) is 34.6 Å². The number of benzene rings is 3. The molecule has 164 valence electrons. The maximum atomic E-state index is 13.7. The van der Waals surface area contributed by atoms with E-state index in [1.54, 1.807) is 4.90 Å². The van der Waals surface area contributed by atoms with Gasteiger partial charge in [-0.1, -0.05) is 36.4 Å². The number of amides is 1. The van der Waals surface area contributed by atoms with Gasteiger partial charge in [0.2, 0.25) is 12.6 Å². The van der Waals surface area contributed by atoms with Crippen LogP contribution in [-0.2, 0) is 6.54 Å². The monoisotopic (exact) mass is 439 g/mol. The van der Waals surface area contributed by atoms with Gasteiger partial charge in [0.1, 0.15) is 5.58 Å². The molecule has 0 spiro atoms. The number of carbonyl (C=O) groups is 1. The van der Waals surface area contributed by atoms with E-state index in [-0.39, 0.29) is 23.9 Å². The molecule has 0 saturated carbocycles. The normalized spacial score (nSPS) is 16.5. The first-order valence-electron chi connectivity index (χ1n) is 10.8. The molecule has 6 nitrogen and oxygen atoms in total. The molecule has 1 unspecified atom stereocenters. The van der Waals surface area contributed by atoms with Crippen molar-refractivity contribution in [3.63, 3.8) is 0 Å². The first-order chi connectivity index (χ1) is 16.0. The van der Waals surface area contributed by atoms with Crippen molar-refractivity contribution in [2.24, 2.45) is 0 Å². The number of hydrogen-bond acceptors (Lipinski definition) is 5. The van der Waals surface area contributed by atoms with Crippen LogP contribution in [-0.4, -0.2) is 17.6 Å². The first-order valence-corrected chi connectivity index (χ1v) is 10.8. The van der Waals surface area contributed by atoms with Crippen LogP contribution in [0.3, 0.4) is 0 Å². The molecule has 4 aromatic rings. The van der Waals surface area contributed by atoms with Crippen LogP contribution in [0.5, 0.6) is 11.5 Å². The summed E-state index contributed by atoms with van der Waals surface area (Å²) in [6.45, 7) is 4.41. The molecule has 0 N–H and O–H groups in total. The van der Waals surface area contributed by atoms with Crippen molar-refractivity contribution in [1.82, 2.24) is 4.90 Å². The van der Waals surface area contributed by atoms with Crippen molar-refractivity contribution >= 4 is 16.9 Å². The minimum atomic E-state index is -0.540. The van der Waals surface area contributed by atoms with Crippen molar-refractivity contribution in [3.8, 4) is 11.5 Å². The van der Waals surface area contributed by atoms with E-state index < -0.39 is 6.04 Å². The van der Waals surface area contributed by atoms with E-state index in [4.69, 9.17) is 13.9 Å². The van der Waals surface area contributed by atoms with Gasteiger partial charge in [0, 0.05) is 6.54 Å². The molecule has 6 rings (SSSR count). The van der Waals surface area contributed by atoms with E-state index in [1.165, 1.54) is 0 Å². The molecule has 1 atom stereocenters. The zero-order chi connectivity index (χ0) is 22.7. The summed E-state index contributed by atoms with van der Waals surface area (Å²) < 4.78 is 17.0. The zero-order valence-corrected chi connectivity index (χ0v) is 18.3. The lowest BCUT2D eigenvalue weighted by Gasteiger charge is -2.25. The lowest BCUT2D eigenvalue weighted by Crippen LogP contribution is -2.29. The predicted octanol–water partition coefficient (Wildman–Crippen LogP) is 4.88. The van der Waals surface area contributed by atoms with Crippen molar-refractivity contribution in [1.29, 1.82) is 0 Å². The number of hydrogen-bond donors (Lipinski definition) is 0. The summed E-state index contributed by atoms with van der Waals surface area (Å²) in [4.78, 5) is 29.0. The molecule has 1 aromatic heterocycles. The molecule has 33 heavy (non-hydrogen) atoms. The van der Waals surface area contributed by atoms with Gasteiger partial charge in [-0.05, 0) is 60.4 Å². The van der Waals surface area contributed by atoms with Crippen LogP contribution in [0.25, 0.3) is 11.0 Å². The van der Waals surface area contributed by atoms with Crippen LogP contribution < -0.4 is 14.9 Å². The summed E-state index contributed by atoms with van der Waals surface area (Å²) in [6.07, 6.45) is 0. The smallest absolute Gasteiger partial charge is 0.291 e. The third kappa shape index (κ3) is 3.02. The van der Waals surface area contributed by atoms with Crippen molar-refractivity contribution < 1.29 is 18.7 Å². The minimum Gasteiger partial charge on any atom is -0.454 e. The number of aryl methyl sites for hydroxylation is 2. The van der Waals surface area contributed by atoms with E-state index in [1.807, 2.05) is 74.5 Å². The third-order valence-corrected chi connectivity index (χ3v) is 6.49. The number of nitrogens with zero attached hydrogens (tertiary/aromatic N) is 1. The molecule has 1 amide bonds. The highest BCUT2D eigenvalue weighted by Gasteiger charge is 2.42. The molecule has 0 saturated heterocycles. The maximum absolute atomic E-state index is 13.7. The Bertz CT molecular complexity index is 1490. The molecule has 0 radical (unpaired) electrons. The predicted molar refractivity (Wildman–Crippen MR) is 123 cm³/mol. The van der Waals surface area contributed by atoms with Crippen molar-refractivity contribution in [3.05, 3.63) is 104 Å². The largest absolute Gasteiger partial charge is 0.454 e. The highest BCUT2D eigenvalue weighted by Crippen LogP contribution is 2.40. The van der Waals surface area contributed by atoms with Crippen molar-refractivity contribution in [2.75, 3.05) is 6.79 Å². The Morgan fingerprint density at radius 1 is 0.909 bits per heavy atom. The van der Waals surface area contributed by atoms with Gasteiger partial charge in [0.15, 0.2) is 16.9 Å². The summed E-state index contributed by atoms with van der Waals surface area (Å²) in [5.74, 6) is 1.15. The lowest BCUT2D eigenvalue weighted by molar-refractivity contribution is 0.0714. The first kappa shape index (κ1) is 19.6. The van der Waals surface area contributed by atoms with E-state index in [9.17, 15) is 9.59 Å². The third-order valence-electron chi connectivity index (χ3n) is 6.49. The molecule has 0 bridgehead atoms. The number of rotatable bonds is 3. The van der Waals surface area contributed by atoms with Crippen LogP contribution in [0.15, 0.2) is 69.9 Å². The zero-order valence-electron chi connectivity index (χ0n) is 18.3. The van der Waals surface area contributed by atoms with Crippen LogP contribution in [0.4, 0.5) is 0 Å². The highest BCUT2D eigenvalue weighted by molar-refractivity contribution is 5.99. The maximum Gasteiger partial charge on any atom is 0.291 e. The van der Waals surface area contributed by atoms with Gasteiger partial charge in [0.05, 0.1) is 17.0 Å². The van der Waals surface area contributed by atoms with Gasteiger partial charge < -0.3 is 18.8 Å². The molecule has 2 aliphatic rings. The average Bonchev–Trinajstić information content (AvgIpc) is 3.39. The van der Waals surface area contributed by atoms with Crippen LogP contribution in [0.2, 0.25) is 0 Å². The van der Waals surface area contributed by atoms with Crippen LogP contribution in [0.1, 0.15) is 44.4 Å². The van der Waals surface area contributed by atoms with Gasteiger partial charge in [-0.2, -0.15) is 0 Å². The molecule has 3 heterocycles. The Hall–Kier alpha value is -4.06. The fraction of sp³-hybridized carbons (Fsp3) is 0.185. The van der Waals surface area contributed by atoms with Gasteiger partial charge in [-0.15, -0.1) is 0 Å². The van der Waals surface area contributed by atoms with Gasteiger partial charge >= 0.3 is 0 Å². The second-order valence-electron chi connectivity index (χ2n) is 8.54. The topological polar surface area (TPSA) is 69.0 Å². The Morgan fingerprint density at radius 3 is 2.48 bits per heavy atom. The summed E-state index contributed by atoms with van der Waals surface area (Å²) in [5, 5.41) is 0.496. The van der Waals surface area contributed by atoms with Crippen LogP contribution in [0, 0.1) is 13.8 Å². The molecule has 3 aromatic carbocycles. The summed E-state index contributed by atoms with van der Waals surface area (Å²) >= 11 is 0. The second-order valence-corrected chi connectivity index (χ2v) is 8.54. The Morgan fingerprint density at radius 2 is 1.67 bits per heavy atom. The Labute approximate surface area is 190 Å². The number of ether oxygens (including phenoxy) is 2. The standard InChI is InChI=1S/C27H21NO5/c1-15-10-19-21(11-16(15)2)33-26-23(25(19)29)24(18-6-4-3-5-7-18)28(27(26)30)13-17-8-9-20-22(12-17)32-14-31-20/h3-12,24H,13-14H2,1-2H3. The number of fused-ring (bicyclic) bond motifs is 3. The van der Waals surface area contributed by atoms with Crippen molar-refractivity contribution in [2.45, 2.75) is 26.4 Å². The fourth-order valence-corrected chi connectivity index (χ4v) is 4.66. The molecular weight excluding hydrogens is 418 g/mol. The SMILES string of the molecule is Cc1cc2oc3c(c(=O)c2cc1C)C(c1ccccc1)N(Cc1ccc2c(c1)OCO2)C3=O. The van der Waals surface area contributed by atoms with E-state index >= 15 is 0 Å². The summed E-state index contributed by atoms with van der Waals surface area (Å²) in [5.41, 5.74) is 4.42. The quantitative estimate of drug-likeness (QED) is 0.455. The summed E-state index contributed by atoms with van der Waals surface area (Å²) in [7, 11) is 0. The Balaban J connectivity index is 1.53. The molecule has 6 heteroatoms. The average molecular weight is 439 g/mol. The molecule has 0 fully saturated rings. The van der Waals surface area contributed by atoms with Gasteiger partial charge in [-0.25, -0.2) is 0 Å². The van der Waals surface area contributed by atoms with E-state index in [0.717, 1.165) is 22.3 Å². The summed E-state index contributed by atoms with van der Waals surface area (Å²) in [6, 6.07) is 18.4. The minimum absolute atomic E-state index is 0.116. The van der Waals surface area contributed by atoms with Gasteiger partial charge in [0.25, 0.3) is 5.91 Å². The highest BCUT2D eigenvalue weighted by atomic mass is 16.7. The fourth-order valence-electron chi connectivity index (χ4n) is 4.66. The molecular formula is C27H21NO5. The van der Waals surface area contributed by atoms with E-state index in [2.05, 4.69) is 0 Å². The van der Waals surface area contributed by atoms with Crippen LogP contribution >= 0.6 is 0 Å². The Kier molecular flexibility index (Phi) is 4.30. The number of carbonyl (C=O) groups excluding carboxylic acids is 1. The lowest BCUT2D eigenvalue weighted by atomic mass is 9.97. The van der Waals surface area contributed by atoms with Gasteiger partial charge in [-0.3, -0.25) is 9.59 Å². The molecule has 2 aliphatic heterocycles. The molecule has 0 aliphatic carbocycles. The second kappa shape index (κ2) is 7.24.